The standard InChI is InChI=1S/C8H12N2OS/c1-5-8(2,3)6(11)10-7(9-5)12-4/h1H2,2-4H3,(H,9,10,11). The van der Waals surface area contributed by atoms with Gasteiger partial charge in [-0.2, -0.15) is 0 Å². The second-order valence-electron chi connectivity index (χ2n) is 3.15. The molecule has 0 aromatic rings. The first-order valence-corrected chi connectivity index (χ1v) is 4.84. The number of thioether (sulfide) groups is 1. The zero-order chi connectivity index (χ0) is 9.35. The van der Waals surface area contributed by atoms with Crippen LogP contribution in [0.3, 0.4) is 0 Å². The smallest absolute Gasteiger partial charge is 0.237 e. The molecular formula is C8H12N2OS. The number of aliphatic imine (C=N–C) groups is 1. The number of hydrogen-bond acceptors (Lipinski definition) is 3. The van der Waals surface area contributed by atoms with Crippen molar-refractivity contribution in [1.29, 1.82) is 0 Å². The Morgan fingerprint density at radius 2 is 2.17 bits per heavy atom. The molecule has 3 nitrogen and oxygen atoms in total. The van der Waals surface area contributed by atoms with Crippen LogP contribution in [0.2, 0.25) is 0 Å². The van der Waals surface area contributed by atoms with Crippen LogP contribution in [0.15, 0.2) is 17.3 Å². The minimum absolute atomic E-state index is 0.0353. The highest BCUT2D eigenvalue weighted by molar-refractivity contribution is 8.13. The monoisotopic (exact) mass is 184 g/mol. The molecular weight excluding hydrogens is 172 g/mol. The molecule has 1 N–H and O–H groups in total. The van der Waals surface area contributed by atoms with Crippen molar-refractivity contribution in [1.82, 2.24) is 5.32 Å². The van der Waals surface area contributed by atoms with E-state index in [2.05, 4.69) is 16.9 Å². The van der Waals surface area contributed by atoms with Gasteiger partial charge in [0, 0.05) is 0 Å². The van der Waals surface area contributed by atoms with Gasteiger partial charge in [-0.1, -0.05) is 18.3 Å². The van der Waals surface area contributed by atoms with Gasteiger partial charge in [-0.15, -0.1) is 0 Å². The molecule has 0 spiro atoms. The fourth-order valence-electron chi connectivity index (χ4n) is 0.771. The van der Waals surface area contributed by atoms with E-state index in [0.29, 0.717) is 10.9 Å². The minimum atomic E-state index is -0.570. The Morgan fingerprint density at radius 1 is 1.58 bits per heavy atom. The fourth-order valence-corrected chi connectivity index (χ4v) is 1.17. The lowest BCUT2D eigenvalue weighted by Gasteiger charge is -2.28. The SMILES string of the molecule is C=C1N=C(SC)NC(=O)C1(C)C. The summed E-state index contributed by atoms with van der Waals surface area (Å²) in [5.41, 5.74) is 0.0507. The molecule has 1 aliphatic heterocycles. The summed E-state index contributed by atoms with van der Waals surface area (Å²) in [6.07, 6.45) is 1.87. The maximum absolute atomic E-state index is 11.4. The molecule has 4 heteroatoms. The third kappa shape index (κ3) is 1.39. The summed E-state index contributed by atoms with van der Waals surface area (Å²) in [4.78, 5) is 15.6. The summed E-state index contributed by atoms with van der Waals surface area (Å²) in [6.45, 7) is 7.38. The van der Waals surface area contributed by atoms with Crippen LogP contribution in [0.4, 0.5) is 0 Å². The van der Waals surface area contributed by atoms with Gasteiger partial charge in [0.25, 0.3) is 0 Å². The number of amidine groups is 1. The van der Waals surface area contributed by atoms with Gasteiger partial charge in [-0.05, 0) is 20.1 Å². The molecule has 1 heterocycles. The lowest BCUT2D eigenvalue weighted by Crippen LogP contribution is -2.44. The molecule has 0 aliphatic carbocycles. The van der Waals surface area contributed by atoms with E-state index in [1.165, 1.54) is 11.8 Å². The Kier molecular flexibility index (Phi) is 2.28. The van der Waals surface area contributed by atoms with E-state index >= 15 is 0 Å². The van der Waals surface area contributed by atoms with E-state index in [0.717, 1.165) is 0 Å². The third-order valence-corrected chi connectivity index (χ3v) is 2.52. The topological polar surface area (TPSA) is 41.5 Å². The van der Waals surface area contributed by atoms with Crippen LogP contribution in [0.5, 0.6) is 0 Å². The highest BCUT2D eigenvalue weighted by Gasteiger charge is 2.35. The van der Waals surface area contributed by atoms with E-state index in [4.69, 9.17) is 0 Å². The molecule has 1 amide bonds. The summed E-state index contributed by atoms with van der Waals surface area (Å²) in [5.74, 6) is -0.0353. The van der Waals surface area contributed by atoms with Gasteiger partial charge in [0.05, 0.1) is 11.1 Å². The maximum atomic E-state index is 11.4. The van der Waals surface area contributed by atoms with E-state index in [9.17, 15) is 4.79 Å². The molecule has 0 aromatic heterocycles. The van der Waals surface area contributed by atoms with Crippen LogP contribution in [0, 0.1) is 5.41 Å². The van der Waals surface area contributed by atoms with Crippen molar-refractivity contribution in [3.63, 3.8) is 0 Å². The zero-order valence-corrected chi connectivity index (χ0v) is 8.29. The molecule has 1 rings (SSSR count). The molecule has 0 radical (unpaired) electrons. The molecule has 0 atom stereocenters. The second kappa shape index (κ2) is 2.94. The van der Waals surface area contributed by atoms with Gasteiger partial charge in [0.15, 0.2) is 5.17 Å². The van der Waals surface area contributed by atoms with Crippen molar-refractivity contribution in [2.75, 3.05) is 6.26 Å². The molecule has 12 heavy (non-hydrogen) atoms. The summed E-state index contributed by atoms with van der Waals surface area (Å²) < 4.78 is 0. The van der Waals surface area contributed by atoms with Crippen molar-refractivity contribution in [3.05, 3.63) is 12.3 Å². The number of carbonyl (C=O) groups is 1. The second-order valence-corrected chi connectivity index (χ2v) is 3.94. The Bertz CT molecular complexity index is 268. The quantitative estimate of drug-likeness (QED) is 0.618. The van der Waals surface area contributed by atoms with Crippen LogP contribution in [-0.4, -0.2) is 17.3 Å². The Labute approximate surface area is 76.3 Å². The predicted molar refractivity (Wildman–Crippen MR) is 52.0 cm³/mol. The molecule has 1 aliphatic rings. The molecule has 0 unspecified atom stereocenters. The molecule has 66 valence electrons. The lowest BCUT2D eigenvalue weighted by molar-refractivity contribution is -0.126. The average molecular weight is 184 g/mol. The molecule has 0 saturated carbocycles. The number of carbonyl (C=O) groups excluding carboxylic acids is 1. The van der Waals surface area contributed by atoms with Crippen LogP contribution in [0.25, 0.3) is 0 Å². The predicted octanol–water partition coefficient (Wildman–Crippen LogP) is 1.38. The zero-order valence-electron chi connectivity index (χ0n) is 7.47. The summed E-state index contributed by atoms with van der Waals surface area (Å²) in [5, 5.41) is 3.33. The lowest BCUT2D eigenvalue weighted by atomic mass is 9.88. The number of hydrogen-bond donors (Lipinski definition) is 1. The van der Waals surface area contributed by atoms with Gasteiger partial charge in [0.2, 0.25) is 5.91 Å². The van der Waals surface area contributed by atoms with E-state index < -0.39 is 5.41 Å². The van der Waals surface area contributed by atoms with Gasteiger partial charge in [-0.3, -0.25) is 4.79 Å². The van der Waals surface area contributed by atoms with Crippen molar-refractivity contribution >= 4 is 22.8 Å². The first-order valence-electron chi connectivity index (χ1n) is 3.62. The highest BCUT2D eigenvalue weighted by Crippen LogP contribution is 2.29. The first kappa shape index (κ1) is 9.32. The molecule has 0 fully saturated rings. The summed E-state index contributed by atoms with van der Waals surface area (Å²) in [6, 6.07) is 0. The third-order valence-electron chi connectivity index (χ3n) is 1.94. The number of amides is 1. The highest BCUT2D eigenvalue weighted by atomic mass is 32.2. The van der Waals surface area contributed by atoms with Crippen molar-refractivity contribution in [3.8, 4) is 0 Å². The van der Waals surface area contributed by atoms with E-state index in [1.54, 1.807) is 0 Å². The van der Waals surface area contributed by atoms with Gasteiger partial charge in [-0.25, -0.2) is 4.99 Å². The van der Waals surface area contributed by atoms with Crippen molar-refractivity contribution < 1.29 is 4.79 Å². The van der Waals surface area contributed by atoms with E-state index in [-0.39, 0.29) is 5.91 Å². The van der Waals surface area contributed by atoms with Crippen LogP contribution < -0.4 is 5.32 Å². The van der Waals surface area contributed by atoms with Crippen LogP contribution >= 0.6 is 11.8 Å². The van der Waals surface area contributed by atoms with Crippen LogP contribution in [-0.2, 0) is 4.79 Å². The first-order chi connectivity index (χ1) is 5.48. The average Bonchev–Trinajstić information content (AvgIpc) is 2.00. The Balaban J connectivity index is 3.00. The van der Waals surface area contributed by atoms with Gasteiger partial charge < -0.3 is 5.32 Å². The number of nitrogens with one attached hydrogen (secondary N) is 1. The minimum Gasteiger partial charge on any atom is -0.304 e. The van der Waals surface area contributed by atoms with E-state index in [1.807, 2.05) is 20.1 Å². The van der Waals surface area contributed by atoms with Gasteiger partial charge >= 0.3 is 0 Å². The Morgan fingerprint density at radius 3 is 2.58 bits per heavy atom. The number of rotatable bonds is 0. The van der Waals surface area contributed by atoms with Crippen molar-refractivity contribution in [2.24, 2.45) is 10.4 Å². The molecule has 0 saturated heterocycles. The molecule has 0 bridgehead atoms. The fraction of sp³-hybridized carbons (Fsp3) is 0.500. The van der Waals surface area contributed by atoms with Gasteiger partial charge in [0.1, 0.15) is 0 Å². The summed E-state index contributed by atoms with van der Waals surface area (Å²) >= 11 is 1.41. The summed E-state index contributed by atoms with van der Waals surface area (Å²) in [7, 11) is 0. The van der Waals surface area contributed by atoms with Crippen molar-refractivity contribution in [2.45, 2.75) is 13.8 Å². The largest absolute Gasteiger partial charge is 0.304 e. The van der Waals surface area contributed by atoms with Crippen LogP contribution in [0.1, 0.15) is 13.8 Å². The number of nitrogens with zero attached hydrogens (tertiary/aromatic N) is 1. The normalized spacial score (nSPS) is 21.8. The maximum Gasteiger partial charge on any atom is 0.237 e. The molecule has 0 aromatic carbocycles. The Hall–Kier alpha value is -0.770.